The zero-order chi connectivity index (χ0) is 13.7. The predicted molar refractivity (Wildman–Crippen MR) is 77.2 cm³/mol. The molecule has 0 aliphatic carbocycles. The summed E-state index contributed by atoms with van der Waals surface area (Å²) in [6, 6.07) is 10.2. The number of aromatic nitrogens is 1. The lowest BCUT2D eigenvalue weighted by Crippen LogP contribution is -2.14. The van der Waals surface area contributed by atoms with E-state index in [0.29, 0.717) is 6.61 Å². The summed E-state index contributed by atoms with van der Waals surface area (Å²) in [5.41, 5.74) is 9.82. The second-order valence-electron chi connectivity index (χ2n) is 4.62. The molecule has 0 saturated heterocycles. The summed E-state index contributed by atoms with van der Waals surface area (Å²) in [5, 5.41) is 0. The minimum Gasteiger partial charge on any atom is -0.492 e. The van der Waals surface area contributed by atoms with Crippen molar-refractivity contribution in [1.82, 2.24) is 4.98 Å². The van der Waals surface area contributed by atoms with E-state index >= 15 is 0 Å². The Balaban J connectivity index is 2.13. The number of benzene rings is 1. The molecule has 0 spiro atoms. The number of nitrogens with two attached hydrogens (primary N) is 1. The van der Waals surface area contributed by atoms with Gasteiger partial charge in [-0.3, -0.25) is 4.98 Å². The summed E-state index contributed by atoms with van der Waals surface area (Å²) in [5.74, 6) is 0.778. The van der Waals surface area contributed by atoms with E-state index in [1.165, 1.54) is 11.1 Å². The lowest BCUT2D eigenvalue weighted by Gasteiger charge is -2.14. The van der Waals surface area contributed by atoms with Crippen molar-refractivity contribution in [3.63, 3.8) is 0 Å². The maximum atomic E-state index is 6.27. The van der Waals surface area contributed by atoms with Crippen LogP contribution in [-0.2, 0) is 6.42 Å². The monoisotopic (exact) mass is 256 g/mol. The molecular formula is C16H20N2O. The summed E-state index contributed by atoms with van der Waals surface area (Å²) < 4.78 is 5.45. The van der Waals surface area contributed by atoms with Gasteiger partial charge in [0.2, 0.25) is 0 Å². The average Bonchev–Trinajstić information content (AvgIpc) is 2.42. The summed E-state index contributed by atoms with van der Waals surface area (Å²) in [7, 11) is 0. The van der Waals surface area contributed by atoms with Crippen molar-refractivity contribution in [2.45, 2.75) is 26.3 Å². The smallest absolute Gasteiger partial charge is 0.137 e. The minimum absolute atomic E-state index is 0.0611. The van der Waals surface area contributed by atoms with Crippen LogP contribution in [0.5, 0.6) is 5.75 Å². The number of nitrogens with zero attached hydrogens (tertiary/aromatic N) is 1. The van der Waals surface area contributed by atoms with Crippen LogP contribution in [0.25, 0.3) is 0 Å². The normalized spacial score (nSPS) is 12.2. The van der Waals surface area contributed by atoms with E-state index in [1.807, 2.05) is 31.3 Å². The Morgan fingerprint density at radius 3 is 2.79 bits per heavy atom. The van der Waals surface area contributed by atoms with Crippen LogP contribution >= 0.6 is 0 Å². The standard InChI is InChI=1S/C16H20N2O/c1-3-19-15-8-14(10-18-11-15)16(17)9-13-7-5-4-6-12(13)2/h4-8,10-11,16H,3,9,17H2,1-2H3. The number of ether oxygens (including phenoxy) is 1. The van der Waals surface area contributed by atoms with Gasteiger partial charge >= 0.3 is 0 Å². The van der Waals surface area contributed by atoms with Gasteiger partial charge in [0.25, 0.3) is 0 Å². The van der Waals surface area contributed by atoms with E-state index in [0.717, 1.165) is 17.7 Å². The van der Waals surface area contributed by atoms with E-state index in [4.69, 9.17) is 10.5 Å². The van der Waals surface area contributed by atoms with Gasteiger partial charge in [-0.15, -0.1) is 0 Å². The predicted octanol–water partition coefficient (Wildman–Crippen LogP) is 3.03. The van der Waals surface area contributed by atoms with Gasteiger partial charge in [-0.2, -0.15) is 0 Å². The van der Waals surface area contributed by atoms with Crippen molar-refractivity contribution in [1.29, 1.82) is 0 Å². The highest BCUT2D eigenvalue weighted by molar-refractivity contribution is 5.30. The van der Waals surface area contributed by atoms with E-state index in [-0.39, 0.29) is 6.04 Å². The molecule has 0 fully saturated rings. The second-order valence-corrected chi connectivity index (χ2v) is 4.62. The molecule has 1 aromatic heterocycles. The molecule has 1 heterocycles. The van der Waals surface area contributed by atoms with Crippen molar-refractivity contribution in [3.8, 4) is 5.75 Å². The first-order valence-corrected chi connectivity index (χ1v) is 6.58. The maximum absolute atomic E-state index is 6.27. The van der Waals surface area contributed by atoms with E-state index in [9.17, 15) is 0 Å². The largest absolute Gasteiger partial charge is 0.492 e. The van der Waals surface area contributed by atoms with Gasteiger partial charge in [0.1, 0.15) is 5.75 Å². The van der Waals surface area contributed by atoms with Gasteiger partial charge in [-0.25, -0.2) is 0 Å². The number of rotatable bonds is 5. The van der Waals surface area contributed by atoms with Gasteiger partial charge in [0.15, 0.2) is 0 Å². The number of pyridine rings is 1. The molecule has 19 heavy (non-hydrogen) atoms. The zero-order valence-corrected chi connectivity index (χ0v) is 11.5. The van der Waals surface area contributed by atoms with Crippen LogP contribution in [0, 0.1) is 6.92 Å². The third-order valence-electron chi connectivity index (χ3n) is 3.17. The molecule has 0 radical (unpaired) electrons. The summed E-state index contributed by atoms with van der Waals surface area (Å²) in [4.78, 5) is 4.18. The summed E-state index contributed by atoms with van der Waals surface area (Å²) in [6.45, 7) is 4.70. The third-order valence-corrected chi connectivity index (χ3v) is 3.17. The molecule has 2 N–H and O–H groups in total. The van der Waals surface area contributed by atoms with Crippen LogP contribution in [0.1, 0.15) is 29.7 Å². The first kappa shape index (κ1) is 13.6. The summed E-state index contributed by atoms with van der Waals surface area (Å²) in [6.07, 6.45) is 4.34. The van der Waals surface area contributed by atoms with E-state index < -0.39 is 0 Å². The van der Waals surface area contributed by atoms with E-state index in [2.05, 4.69) is 24.0 Å². The number of aryl methyl sites for hydroxylation is 1. The number of hydrogen-bond donors (Lipinski definition) is 1. The SMILES string of the molecule is CCOc1cncc(C(N)Cc2ccccc2C)c1. The van der Waals surface area contributed by atoms with Gasteiger partial charge in [0.05, 0.1) is 12.8 Å². The fourth-order valence-corrected chi connectivity index (χ4v) is 2.08. The Morgan fingerprint density at radius 1 is 1.26 bits per heavy atom. The minimum atomic E-state index is -0.0611. The Morgan fingerprint density at radius 2 is 2.05 bits per heavy atom. The second kappa shape index (κ2) is 6.34. The Bertz CT molecular complexity index is 540. The fourth-order valence-electron chi connectivity index (χ4n) is 2.08. The summed E-state index contributed by atoms with van der Waals surface area (Å²) >= 11 is 0. The van der Waals surface area contributed by atoms with Crippen molar-refractivity contribution in [3.05, 3.63) is 59.4 Å². The molecule has 2 aromatic rings. The topological polar surface area (TPSA) is 48.1 Å². The molecule has 3 nitrogen and oxygen atoms in total. The molecular weight excluding hydrogens is 236 g/mol. The van der Waals surface area contributed by atoms with Crippen LogP contribution in [0.3, 0.4) is 0 Å². The van der Waals surface area contributed by atoms with Crippen molar-refractivity contribution in [2.75, 3.05) is 6.61 Å². The van der Waals surface area contributed by atoms with Gasteiger partial charge in [-0.1, -0.05) is 24.3 Å². The molecule has 100 valence electrons. The van der Waals surface area contributed by atoms with Crippen LogP contribution in [0.4, 0.5) is 0 Å². The highest BCUT2D eigenvalue weighted by Gasteiger charge is 2.10. The molecule has 1 aromatic carbocycles. The molecule has 0 saturated carbocycles. The molecule has 1 atom stereocenters. The van der Waals surface area contributed by atoms with Crippen molar-refractivity contribution >= 4 is 0 Å². The Hall–Kier alpha value is -1.87. The fraction of sp³-hybridized carbons (Fsp3) is 0.312. The van der Waals surface area contributed by atoms with Crippen LogP contribution in [0.2, 0.25) is 0 Å². The molecule has 1 unspecified atom stereocenters. The molecule has 3 heteroatoms. The first-order valence-electron chi connectivity index (χ1n) is 6.58. The highest BCUT2D eigenvalue weighted by atomic mass is 16.5. The molecule has 0 amide bonds. The average molecular weight is 256 g/mol. The molecule has 0 aliphatic rings. The maximum Gasteiger partial charge on any atom is 0.137 e. The van der Waals surface area contributed by atoms with Crippen molar-refractivity contribution < 1.29 is 4.74 Å². The number of hydrogen-bond acceptors (Lipinski definition) is 3. The van der Waals surface area contributed by atoms with Crippen LogP contribution in [0.15, 0.2) is 42.7 Å². The lowest BCUT2D eigenvalue weighted by atomic mass is 9.98. The Labute approximate surface area is 114 Å². The Kier molecular flexibility index (Phi) is 4.53. The molecule has 0 bridgehead atoms. The quantitative estimate of drug-likeness (QED) is 0.894. The molecule has 0 aliphatic heterocycles. The third kappa shape index (κ3) is 3.55. The van der Waals surface area contributed by atoms with Crippen molar-refractivity contribution in [2.24, 2.45) is 5.73 Å². The van der Waals surface area contributed by atoms with Gasteiger partial charge in [-0.05, 0) is 43.0 Å². The van der Waals surface area contributed by atoms with Gasteiger partial charge < -0.3 is 10.5 Å². The van der Waals surface area contributed by atoms with Crippen LogP contribution in [-0.4, -0.2) is 11.6 Å². The van der Waals surface area contributed by atoms with Crippen LogP contribution < -0.4 is 10.5 Å². The molecule has 2 rings (SSSR count). The highest BCUT2D eigenvalue weighted by Crippen LogP contribution is 2.21. The first-order chi connectivity index (χ1) is 9.20. The van der Waals surface area contributed by atoms with Gasteiger partial charge in [0, 0.05) is 12.2 Å². The lowest BCUT2D eigenvalue weighted by molar-refractivity contribution is 0.338. The zero-order valence-electron chi connectivity index (χ0n) is 11.5. The van der Waals surface area contributed by atoms with E-state index in [1.54, 1.807) is 6.20 Å².